The summed E-state index contributed by atoms with van der Waals surface area (Å²) >= 11 is 0. The number of Topliss-reactive ketones (excluding diaryl/α,β-unsaturated/α-hetero) is 1. The molecular weight excluding hydrogens is 1060 g/mol. The van der Waals surface area contributed by atoms with Crippen molar-refractivity contribution in [3.8, 4) is 17.2 Å². The largest absolute Gasteiger partial charge is 0.493 e. The van der Waals surface area contributed by atoms with E-state index in [9.17, 15) is 43.2 Å². The summed E-state index contributed by atoms with van der Waals surface area (Å²) in [6, 6.07) is 15.7. The molecule has 0 aliphatic carbocycles. The van der Waals surface area contributed by atoms with E-state index >= 15 is 0 Å². The molecular formula is C61H82N6O15. The van der Waals surface area contributed by atoms with E-state index in [1.165, 1.54) is 62.9 Å². The van der Waals surface area contributed by atoms with Crippen molar-refractivity contribution < 1.29 is 71.6 Å². The van der Waals surface area contributed by atoms with Gasteiger partial charge in [-0.3, -0.25) is 33.6 Å². The molecule has 2 heterocycles. The van der Waals surface area contributed by atoms with Gasteiger partial charge in [-0.05, 0) is 121 Å². The number of methoxy groups -OCH3 is 2. The van der Waals surface area contributed by atoms with Gasteiger partial charge in [-0.25, -0.2) is 9.59 Å². The Bertz CT molecular complexity index is 2760. The minimum Gasteiger partial charge on any atom is -0.493 e. The summed E-state index contributed by atoms with van der Waals surface area (Å²) in [6.07, 6.45) is 4.62. The molecule has 21 nitrogen and oxygen atoms in total. The van der Waals surface area contributed by atoms with Crippen molar-refractivity contribution in [2.24, 2.45) is 5.41 Å². The van der Waals surface area contributed by atoms with Crippen LogP contribution in [-0.2, 0) is 63.8 Å². The summed E-state index contributed by atoms with van der Waals surface area (Å²) in [4.78, 5) is 131. The molecule has 0 radical (unpaired) electrons. The first-order chi connectivity index (χ1) is 38.9. The molecule has 0 spiro atoms. The normalized spacial score (nSPS) is 22.2. The first-order valence-electron chi connectivity index (χ1n) is 27.7. The van der Waals surface area contributed by atoms with Gasteiger partial charge >= 0.3 is 11.9 Å². The summed E-state index contributed by atoms with van der Waals surface area (Å²) in [5.74, 6) is -5.15. The van der Waals surface area contributed by atoms with Crippen LogP contribution in [0.3, 0.4) is 0 Å². The molecule has 0 saturated carbocycles. The quantitative estimate of drug-likeness (QED) is 0.189. The van der Waals surface area contributed by atoms with Crippen LogP contribution >= 0.6 is 0 Å². The Morgan fingerprint density at radius 1 is 0.756 bits per heavy atom. The van der Waals surface area contributed by atoms with E-state index in [1.54, 1.807) is 88.5 Å². The predicted octanol–water partition coefficient (Wildman–Crippen LogP) is 5.48. The number of ether oxygens (including phenoxy) is 6. The van der Waals surface area contributed by atoms with Crippen LogP contribution in [0.5, 0.6) is 17.2 Å². The maximum atomic E-state index is 14.7. The molecule has 3 aromatic rings. The lowest BCUT2D eigenvalue weighted by Crippen LogP contribution is -2.57. The highest BCUT2D eigenvalue weighted by molar-refractivity contribution is 6.38. The number of hydrogen-bond donors (Lipinski definition) is 2. The van der Waals surface area contributed by atoms with E-state index in [4.69, 9.17) is 28.4 Å². The van der Waals surface area contributed by atoms with Crippen molar-refractivity contribution >= 4 is 53.2 Å². The van der Waals surface area contributed by atoms with Gasteiger partial charge in [-0.15, -0.1) is 0 Å². The number of nitrogens with zero attached hydrogens (tertiary/aromatic N) is 4. The number of amides is 6. The van der Waals surface area contributed by atoms with Gasteiger partial charge in [0, 0.05) is 40.3 Å². The highest BCUT2D eigenvalue weighted by Crippen LogP contribution is 2.33. The van der Waals surface area contributed by atoms with Crippen LogP contribution in [0.15, 0.2) is 84.9 Å². The molecule has 6 amide bonds. The fourth-order valence-corrected chi connectivity index (χ4v) is 9.24. The number of rotatable bonds is 10. The van der Waals surface area contributed by atoms with Crippen LogP contribution in [0.1, 0.15) is 115 Å². The first kappa shape index (κ1) is 65.0. The number of hydrogen-bond acceptors (Lipinski definition) is 15. The number of fused-ring (bicyclic) bond motifs is 3. The third kappa shape index (κ3) is 18.6. The molecule has 3 aromatic carbocycles. The third-order valence-corrected chi connectivity index (χ3v) is 14.2. The Labute approximate surface area is 481 Å². The summed E-state index contributed by atoms with van der Waals surface area (Å²) in [5.41, 5.74) is -0.523. The van der Waals surface area contributed by atoms with Crippen LogP contribution in [0, 0.1) is 5.41 Å². The zero-order valence-electron chi connectivity index (χ0n) is 49.3. The molecule has 1 unspecified atom stereocenters. The number of carbonyl (C=O) groups excluding carboxylic acids is 9. The van der Waals surface area contributed by atoms with Crippen molar-refractivity contribution in [1.82, 2.24) is 30.2 Å². The molecule has 2 bridgehead atoms. The average Bonchev–Trinajstić information content (AvgIpc) is 3.49. The van der Waals surface area contributed by atoms with Crippen molar-refractivity contribution in [2.45, 2.75) is 129 Å². The van der Waals surface area contributed by atoms with E-state index in [1.807, 2.05) is 19.1 Å². The second kappa shape index (κ2) is 30.3. The van der Waals surface area contributed by atoms with Crippen LogP contribution in [0.25, 0.3) is 0 Å². The Balaban J connectivity index is 1.48. The van der Waals surface area contributed by atoms with E-state index in [2.05, 4.69) is 10.6 Å². The molecule has 2 N–H and O–H groups in total. The Kier molecular flexibility index (Phi) is 24.0. The van der Waals surface area contributed by atoms with Gasteiger partial charge in [-0.2, -0.15) is 0 Å². The standard InChI is InChI=1S/C61H82N6O15/c1-12-21-44-56(73)64(7)32-18-17-27-52(70)80-39-61(5,6)54(71)58(75)67-33-19-16-26-45(67)59(76)82-47(30-28-40-29-31-48(77-10)49(34-40)78-11)42-24-20-25-43(35-42)79-38-51(69)65(8)36-50(68)63-53(41-22-14-13-15-23-41)57(74)66(9)46(55(72)62-44)37-81-60(2,3)4/h13-15,17,20,22-25,27,29,31,34-35,44-47,53H,12,16,18-19,21,26,28,30,32-33,36-39H2,1-11H3,(H,62,72)(H,63,68)/t44-,45-,46-,47+,53?/m0/s1. The number of piperidine rings is 1. The monoisotopic (exact) mass is 1140 g/mol. The maximum Gasteiger partial charge on any atom is 0.330 e. The van der Waals surface area contributed by atoms with E-state index in [0.29, 0.717) is 48.3 Å². The number of aryl methyl sites for hydroxylation is 1. The lowest BCUT2D eigenvalue weighted by Gasteiger charge is -2.36. The van der Waals surface area contributed by atoms with Gasteiger partial charge in [0.25, 0.3) is 11.8 Å². The molecule has 5 rings (SSSR count). The van der Waals surface area contributed by atoms with Crippen LogP contribution in [0.2, 0.25) is 0 Å². The highest BCUT2D eigenvalue weighted by atomic mass is 16.5. The van der Waals surface area contributed by atoms with Gasteiger partial charge in [0.2, 0.25) is 29.4 Å². The van der Waals surface area contributed by atoms with Gasteiger partial charge in [0.15, 0.2) is 18.1 Å². The second-order valence-corrected chi connectivity index (χ2v) is 22.2. The number of benzene rings is 3. The molecule has 2 aliphatic heterocycles. The van der Waals surface area contributed by atoms with E-state index in [-0.39, 0.29) is 51.1 Å². The fourth-order valence-electron chi connectivity index (χ4n) is 9.24. The van der Waals surface area contributed by atoms with Crippen LogP contribution in [-0.4, -0.2) is 171 Å². The molecule has 21 heteroatoms. The van der Waals surface area contributed by atoms with Gasteiger partial charge in [0.05, 0.1) is 38.4 Å². The molecule has 1 fully saturated rings. The second-order valence-electron chi connectivity index (χ2n) is 22.2. The van der Waals surface area contributed by atoms with Gasteiger partial charge in [-0.1, -0.05) is 68.0 Å². The molecule has 446 valence electrons. The summed E-state index contributed by atoms with van der Waals surface area (Å²) in [6.45, 7) is 8.65. The average molecular weight is 1140 g/mol. The highest BCUT2D eigenvalue weighted by Gasteiger charge is 2.43. The van der Waals surface area contributed by atoms with Crippen molar-refractivity contribution in [3.05, 3.63) is 102 Å². The lowest BCUT2D eigenvalue weighted by atomic mass is 9.87. The number of cyclic esters (lactones) is 2. The Morgan fingerprint density at radius 2 is 1.46 bits per heavy atom. The number of nitrogens with one attached hydrogen (secondary N) is 2. The summed E-state index contributed by atoms with van der Waals surface area (Å²) in [7, 11) is 7.41. The van der Waals surface area contributed by atoms with Crippen LogP contribution in [0.4, 0.5) is 0 Å². The molecule has 0 aromatic heterocycles. The van der Waals surface area contributed by atoms with Gasteiger partial charge < -0.3 is 58.7 Å². The zero-order chi connectivity index (χ0) is 60.3. The molecule has 5 atom stereocenters. The minimum atomic E-state index is -1.50. The topological polar surface area (TPSA) is 246 Å². The number of carbonyl (C=O) groups is 9. The zero-order valence-corrected chi connectivity index (χ0v) is 49.3. The predicted molar refractivity (Wildman–Crippen MR) is 303 cm³/mol. The summed E-state index contributed by atoms with van der Waals surface area (Å²) in [5, 5.41) is 5.60. The van der Waals surface area contributed by atoms with Crippen molar-refractivity contribution in [1.29, 1.82) is 0 Å². The number of esters is 2. The maximum absolute atomic E-state index is 14.7. The van der Waals surface area contributed by atoms with E-state index < -0.39 is 114 Å². The summed E-state index contributed by atoms with van der Waals surface area (Å²) < 4.78 is 34.8. The fraction of sp³-hybridized carbons (Fsp3) is 0.525. The Morgan fingerprint density at radius 3 is 2.15 bits per heavy atom. The van der Waals surface area contributed by atoms with Crippen molar-refractivity contribution in [2.75, 3.05) is 74.8 Å². The van der Waals surface area contributed by atoms with Gasteiger partial charge in [0.1, 0.15) is 42.6 Å². The molecule has 2 aliphatic rings. The minimum absolute atomic E-state index is 0.102. The molecule has 82 heavy (non-hydrogen) atoms. The van der Waals surface area contributed by atoms with Crippen molar-refractivity contribution in [3.63, 3.8) is 0 Å². The smallest absolute Gasteiger partial charge is 0.330 e. The lowest BCUT2D eigenvalue weighted by molar-refractivity contribution is -0.165. The first-order valence-corrected chi connectivity index (χ1v) is 27.7. The van der Waals surface area contributed by atoms with E-state index in [0.717, 1.165) is 16.5 Å². The van der Waals surface area contributed by atoms with Crippen LogP contribution < -0.4 is 24.8 Å². The Hall–Kier alpha value is -7.81. The number of ketones is 1. The third-order valence-electron chi connectivity index (χ3n) is 14.2. The SMILES string of the molecule is CCC[C@@H]1NC(=O)[C@H](COC(C)(C)C)N(C)C(=O)C(c2ccccc2)NC(=O)CN(C)C(=O)COc2cccc(c2)[C@@H](CCc2ccc(OC)c(OC)c2)OC(=O)[C@@H]2CCCCN2C(=O)C(=O)C(C)(C)COC(=O)C=CCCN(C)C1=O. The number of likely N-dealkylation sites (N-methyl/N-ethyl adjacent to an activating group) is 3. The molecule has 1 saturated heterocycles.